The van der Waals surface area contributed by atoms with Crippen LogP contribution < -0.4 is 10.6 Å². The van der Waals surface area contributed by atoms with Gasteiger partial charge in [-0.15, -0.1) is 11.3 Å². The molecule has 1 aromatic heterocycles. The van der Waals surface area contributed by atoms with E-state index in [2.05, 4.69) is 20.4 Å². The zero-order valence-electron chi connectivity index (χ0n) is 11.4. The van der Waals surface area contributed by atoms with Crippen molar-refractivity contribution in [3.05, 3.63) is 11.1 Å². The van der Waals surface area contributed by atoms with Gasteiger partial charge in [0.1, 0.15) is 0 Å². The number of nitrogens with one attached hydrogen (secondary N) is 2. The zero-order valence-corrected chi connectivity index (χ0v) is 12.2. The summed E-state index contributed by atoms with van der Waals surface area (Å²) in [6, 6.07) is -0.176. The smallest absolute Gasteiger partial charge is 0.321 e. The molecule has 106 valence electrons. The third-order valence-corrected chi connectivity index (χ3v) is 3.04. The number of carbonyl (C=O) groups excluding carboxylic acids is 2. The summed E-state index contributed by atoms with van der Waals surface area (Å²) < 4.78 is 4.56. The van der Waals surface area contributed by atoms with Crippen molar-refractivity contribution >= 4 is 28.5 Å². The summed E-state index contributed by atoms with van der Waals surface area (Å²) >= 11 is 1.37. The lowest BCUT2D eigenvalue weighted by atomic mass is 10.2. The van der Waals surface area contributed by atoms with Crippen molar-refractivity contribution in [2.75, 3.05) is 12.4 Å². The Balaban J connectivity index is 2.36. The van der Waals surface area contributed by atoms with Crippen molar-refractivity contribution in [1.82, 2.24) is 10.3 Å². The van der Waals surface area contributed by atoms with Gasteiger partial charge in [0, 0.05) is 17.8 Å². The molecule has 2 N–H and O–H groups in total. The summed E-state index contributed by atoms with van der Waals surface area (Å²) in [7, 11) is 1.38. The summed E-state index contributed by atoms with van der Waals surface area (Å²) in [4.78, 5) is 26.7. The van der Waals surface area contributed by atoms with Gasteiger partial charge in [-0.05, 0) is 26.7 Å². The topological polar surface area (TPSA) is 80.3 Å². The molecule has 19 heavy (non-hydrogen) atoms. The average Bonchev–Trinajstić information content (AvgIpc) is 2.75. The van der Waals surface area contributed by atoms with Gasteiger partial charge in [-0.25, -0.2) is 9.78 Å². The molecule has 6 nitrogen and oxygen atoms in total. The van der Waals surface area contributed by atoms with Crippen LogP contribution in [0.25, 0.3) is 0 Å². The highest BCUT2D eigenvalue weighted by Gasteiger charge is 2.08. The van der Waals surface area contributed by atoms with E-state index in [0.717, 1.165) is 5.69 Å². The second-order valence-corrected chi connectivity index (χ2v) is 5.18. The van der Waals surface area contributed by atoms with Crippen LogP contribution >= 0.6 is 11.3 Å². The monoisotopic (exact) mass is 285 g/mol. The summed E-state index contributed by atoms with van der Waals surface area (Å²) in [5.41, 5.74) is 0.869. The van der Waals surface area contributed by atoms with Gasteiger partial charge in [-0.3, -0.25) is 10.1 Å². The summed E-state index contributed by atoms with van der Waals surface area (Å²) in [6.07, 6.45) is 1.76. The lowest BCUT2D eigenvalue weighted by Crippen LogP contribution is -2.34. The van der Waals surface area contributed by atoms with Gasteiger partial charge in [0.2, 0.25) is 0 Å². The number of carbonyl (C=O) groups is 2. The van der Waals surface area contributed by atoms with E-state index in [9.17, 15) is 9.59 Å². The number of aryl methyl sites for hydroxylation is 1. The normalized spacial score (nSPS) is 10.3. The Kier molecular flexibility index (Phi) is 6.27. The molecule has 0 fully saturated rings. The van der Waals surface area contributed by atoms with Crippen molar-refractivity contribution in [3.63, 3.8) is 0 Å². The molecule has 2 amide bonds. The Hall–Kier alpha value is -1.63. The maximum Gasteiger partial charge on any atom is 0.321 e. The fourth-order valence-electron chi connectivity index (χ4n) is 1.39. The molecule has 0 saturated carbocycles. The van der Waals surface area contributed by atoms with Gasteiger partial charge in [-0.1, -0.05) is 0 Å². The Bertz CT molecular complexity index is 432. The van der Waals surface area contributed by atoms with E-state index in [4.69, 9.17) is 0 Å². The number of urea groups is 1. The number of hydrogen-bond acceptors (Lipinski definition) is 5. The fraction of sp³-hybridized carbons (Fsp3) is 0.583. The van der Waals surface area contributed by atoms with Crippen molar-refractivity contribution in [2.45, 2.75) is 39.2 Å². The predicted octanol–water partition coefficient (Wildman–Crippen LogP) is 2.17. The third-order valence-electron chi connectivity index (χ3n) is 2.23. The zero-order chi connectivity index (χ0) is 14.3. The molecule has 0 bridgehead atoms. The number of anilines is 1. The summed E-state index contributed by atoms with van der Waals surface area (Å²) in [5.74, 6) is -0.218. The SMILES string of the molecule is COC(=O)CCCc1csc(NC(=O)NC(C)C)n1. The number of hydrogen-bond donors (Lipinski definition) is 2. The van der Waals surface area contributed by atoms with Crippen LogP contribution in [-0.2, 0) is 16.0 Å². The van der Waals surface area contributed by atoms with Crippen LogP contribution in [0.4, 0.5) is 9.93 Å². The third kappa shape index (κ3) is 6.19. The molecule has 1 rings (SSSR count). The number of thiazole rings is 1. The fourth-order valence-corrected chi connectivity index (χ4v) is 2.13. The number of methoxy groups -OCH3 is 1. The number of ether oxygens (including phenoxy) is 1. The lowest BCUT2D eigenvalue weighted by Gasteiger charge is -2.07. The van der Waals surface area contributed by atoms with Crippen molar-refractivity contribution in [1.29, 1.82) is 0 Å². The maximum absolute atomic E-state index is 11.5. The number of nitrogens with zero attached hydrogens (tertiary/aromatic N) is 1. The maximum atomic E-state index is 11.5. The molecule has 0 aliphatic heterocycles. The van der Waals surface area contributed by atoms with E-state index >= 15 is 0 Å². The van der Waals surface area contributed by atoms with Crippen LogP contribution in [0.2, 0.25) is 0 Å². The minimum atomic E-state index is -0.259. The van der Waals surface area contributed by atoms with E-state index < -0.39 is 0 Å². The molecule has 0 spiro atoms. The van der Waals surface area contributed by atoms with Crippen LogP contribution in [0, 0.1) is 0 Å². The van der Waals surface area contributed by atoms with E-state index in [1.54, 1.807) is 0 Å². The van der Waals surface area contributed by atoms with E-state index in [0.29, 0.717) is 24.4 Å². The number of amides is 2. The van der Waals surface area contributed by atoms with Gasteiger partial charge in [0.25, 0.3) is 0 Å². The number of rotatable bonds is 6. The van der Waals surface area contributed by atoms with Crippen LogP contribution in [-0.4, -0.2) is 30.1 Å². The van der Waals surface area contributed by atoms with Crippen molar-refractivity contribution < 1.29 is 14.3 Å². The molecule has 0 saturated heterocycles. The van der Waals surface area contributed by atoms with Crippen LogP contribution in [0.5, 0.6) is 0 Å². The highest BCUT2D eigenvalue weighted by Crippen LogP contribution is 2.16. The molecule has 0 aromatic carbocycles. The highest BCUT2D eigenvalue weighted by atomic mass is 32.1. The Labute approximate surface area is 116 Å². The summed E-state index contributed by atoms with van der Waals surface area (Å²) in [6.45, 7) is 3.78. The van der Waals surface area contributed by atoms with E-state index in [1.807, 2.05) is 19.2 Å². The number of esters is 1. The first-order valence-electron chi connectivity index (χ1n) is 6.10. The lowest BCUT2D eigenvalue weighted by molar-refractivity contribution is -0.140. The molecular weight excluding hydrogens is 266 g/mol. The van der Waals surface area contributed by atoms with Gasteiger partial charge in [-0.2, -0.15) is 0 Å². The highest BCUT2D eigenvalue weighted by molar-refractivity contribution is 7.13. The minimum Gasteiger partial charge on any atom is -0.469 e. The second-order valence-electron chi connectivity index (χ2n) is 4.33. The first-order chi connectivity index (χ1) is 9.01. The molecule has 0 unspecified atom stereocenters. The van der Waals surface area contributed by atoms with Crippen LogP contribution in [0.1, 0.15) is 32.4 Å². The van der Waals surface area contributed by atoms with E-state index in [1.165, 1.54) is 18.4 Å². The average molecular weight is 285 g/mol. The van der Waals surface area contributed by atoms with Gasteiger partial charge in [0.05, 0.1) is 12.8 Å². The van der Waals surface area contributed by atoms with Gasteiger partial charge < -0.3 is 10.1 Å². The van der Waals surface area contributed by atoms with Crippen molar-refractivity contribution in [3.8, 4) is 0 Å². The molecule has 0 radical (unpaired) electrons. The molecule has 0 aliphatic carbocycles. The molecular formula is C12H19N3O3S. The van der Waals surface area contributed by atoms with Crippen LogP contribution in [0.3, 0.4) is 0 Å². The van der Waals surface area contributed by atoms with Crippen LogP contribution in [0.15, 0.2) is 5.38 Å². The first-order valence-corrected chi connectivity index (χ1v) is 6.98. The predicted molar refractivity (Wildman–Crippen MR) is 74.4 cm³/mol. The second kappa shape index (κ2) is 7.73. The van der Waals surface area contributed by atoms with Crippen molar-refractivity contribution in [2.24, 2.45) is 0 Å². The molecule has 7 heteroatoms. The van der Waals surface area contributed by atoms with Gasteiger partial charge in [0.15, 0.2) is 5.13 Å². The molecule has 0 atom stereocenters. The quantitative estimate of drug-likeness (QED) is 0.785. The first kappa shape index (κ1) is 15.4. The Morgan fingerprint density at radius 3 is 2.84 bits per heavy atom. The largest absolute Gasteiger partial charge is 0.469 e. The summed E-state index contributed by atoms with van der Waals surface area (Å²) in [5, 5.41) is 7.83. The minimum absolute atomic E-state index is 0.0829. The standard InChI is InChI=1S/C12H19N3O3S/c1-8(2)13-11(17)15-12-14-9(7-19-12)5-4-6-10(16)18-3/h7-8H,4-6H2,1-3H3,(H2,13,14,15,17). The van der Waals surface area contributed by atoms with Gasteiger partial charge >= 0.3 is 12.0 Å². The van der Waals surface area contributed by atoms with E-state index in [-0.39, 0.29) is 18.0 Å². The molecule has 0 aliphatic rings. The number of aromatic nitrogens is 1. The molecule has 1 aromatic rings. The molecule has 1 heterocycles. The Morgan fingerprint density at radius 2 is 2.21 bits per heavy atom. The Morgan fingerprint density at radius 1 is 1.47 bits per heavy atom.